The van der Waals surface area contributed by atoms with Crippen LogP contribution in [0.3, 0.4) is 0 Å². The number of aryl methyl sites for hydroxylation is 2. The summed E-state index contributed by atoms with van der Waals surface area (Å²) < 4.78 is 15.6. The topological polar surface area (TPSA) is 29.9 Å². The van der Waals surface area contributed by atoms with Gasteiger partial charge in [0.1, 0.15) is 5.82 Å². The Morgan fingerprint density at radius 1 is 1.08 bits per heavy atom. The van der Waals surface area contributed by atoms with Gasteiger partial charge in [-0.05, 0) is 75.3 Å². The number of hydrogen-bond acceptors (Lipinski definition) is 2. The van der Waals surface area contributed by atoms with E-state index >= 15 is 0 Å². The maximum Gasteiger partial charge on any atom is 0.123 e. The van der Waals surface area contributed by atoms with Crippen LogP contribution in [0.15, 0.2) is 24.3 Å². The molecule has 136 valence electrons. The van der Waals surface area contributed by atoms with Crippen LogP contribution in [0.1, 0.15) is 40.9 Å². The molecule has 1 aromatic carbocycles. The van der Waals surface area contributed by atoms with E-state index in [-0.39, 0.29) is 5.82 Å². The van der Waals surface area contributed by atoms with Gasteiger partial charge in [0, 0.05) is 24.5 Å². The zero-order valence-corrected chi connectivity index (χ0v) is 16.0. The van der Waals surface area contributed by atoms with E-state index in [1.165, 1.54) is 47.3 Å². The zero-order chi connectivity index (χ0) is 18.4. The number of rotatable bonds is 5. The number of pyridine rings is 1. The first kappa shape index (κ1) is 17.1. The normalized spacial score (nSPS) is 14.2. The van der Waals surface area contributed by atoms with E-state index in [2.05, 4.69) is 37.6 Å². The molecular weight excluding hydrogens is 325 g/mol. The fraction of sp³-hybridized carbons (Fsp3) is 0.409. The van der Waals surface area contributed by atoms with Gasteiger partial charge in [-0.3, -0.25) is 4.98 Å². The standard InChI is InChI=1S/C22H26FN3/c1-13-15(3)25-21-14(2)16(4)26(12-18-5-6-18)22(21)20(13)24-11-17-7-9-19(23)10-8-17/h7-10,18H,5-6,11-12H2,1-4H3,(H,24,25). The van der Waals surface area contributed by atoms with E-state index in [0.717, 1.165) is 34.9 Å². The first-order valence-electron chi connectivity index (χ1n) is 9.40. The van der Waals surface area contributed by atoms with Crippen LogP contribution < -0.4 is 5.32 Å². The molecule has 26 heavy (non-hydrogen) atoms. The van der Waals surface area contributed by atoms with Crippen molar-refractivity contribution in [2.75, 3.05) is 5.32 Å². The van der Waals surface area contributed by atoms with Crippen LogP contribution in [0, 0.1) is 39.4 Å². The van der Waals surface area contributed by atoms with Crippen LogP contribution in [-0.2, 0) is 13.1 Å². The van der Waals surface area contributed by atoms with Crippen LogP contribution in [-0.4, -0.2) is 9.55 Å². The monoisotopic (exact) mass is 351 g/mol. The highest BCUT2D eigenvalue weighted by atomic mass is 19.1. The Kier molecular flexibility index (Phi) is 4.22. The third-order valence-corrected chi connectivity index (χ3v) is 5.75. The van der Waals surface area contributed by atoms with Gasteiger partial charge in [0.25, 0.3) is 0 Å². The Balaban J connectivity index is 1.79. The van der Waals surface area contributed by atoms with Gasteiger partial charge in [-0.1, -0.05) is 12.1 Å². The van der Waals surface area contributed by atoms with E-state index in [9.17, 15) is 4.39 Å². The lowest BCUT2D eigenvalue weighted by molar-refractivity contribution is 0.627. The van der Waals surface area contributed by atoms with Crippen LogP contribution in [0.4, 0.5) is 10.1 Å². The lowest BCUT2D eigenvalue weighted by Crippen LogP contribution is -2.08. The second-order valence-corrected chi connectivity index (χ2v) is 7.64. The summed E-state index contributed by atoms with van der Waals surface area (Å²) in [4.78, 5) is 4.90. The van der Waals surface area contributed by atoms with E-state index in [0.29, 0.717) is 6.54 Å². The number of hydrogen-bond donors (Lipinski definition) is 1. The van der Waals surface area contributed by atoms with Crippen molar-refractivity contribution < 1.29 is 4.39 Å². The van der Waals surface area contributed by atoms with E-state index in [1.807, 2.05) is 12.1 Å². The van der Waals surface area contributed by atoms with Crippen molar-refractivity contribution in [3.63, 3.8) is 0 Å². The summed E-state index contributed by atoms with van der Waals surface area (Å²) in [5, 5.41) is 3.62. The SMILES string of the molecule is Cc1nc2c(C)c(C)n(CC3CC3)c2c(NCc2ccc(F)cc2)c1C. The molecule has 1 aliphatic carbocycles. The molecule has 2 heterocycles. The minimum absolute atomic E-state index is 0.198. The van der Waals surface area contributed by atoms with Crippen LogP contribution >= 0.6 is 0 Å². The van der Waals surface area contributed by atoms with Crippen molar-refractivity contribution >= 4 is 16.7 Å². The number of aromatic nitrogens is 2. The zero-order valence-electron chi connectivity index (χ0n) is 16.0. The molecule has 1 N–H and O–H groups in total. The van der Waals surface area contributed by atoms with E-state index < -0.39 is 0 Å². The predicted octanol–water partition coefficient (Wildman–Crippen LogP) is 5.43. The molecule has 0 saturated heterocycles. The number of fused-ring (bicyclic) bond motifs is 1. The fourth-order valence-electron chi connectivity index (χ4n) is 3.64. The first-order chi connectivity index (χ1) is 12.5. The molecule has 0 amide bonds. The molecule has 4 heteroatoms. The molecule has 3 aromatic rings. The van der Waals surface area contributed by atoms with Crippen molar-refractivity contribution in [3.05, 3.63) is 58.2 Å². The van der Waals surface area contributed by atoms with Gasteiger partial charge in [-0.25, -0.2) is 4.39 Å². The van der Waals surface area contributed by atoms with Crippen molar-refractivity contribution in [1.82, 2.24) is 9.55 Å². The second-order valence-electron chi connectivity index (χ2n) is 7.64. The summed E-state index contributed by atoms with van der Waals surface area (Å²) in [6, 6.07) is 6.70. The fourth-order valence-corrected chi connectivity index (χ4v) is 3.64. The number of nitrogens with one attached hydrogen (secondary N) is 1. The summed E-state index contributed by atoms with van der Waals surface area (Å²) >= 11 is 0. The second kappa shape index (κ2) is 6.42. The Bertz CT molecular complexity index is 966. The van der Waals surface area contributed by atoms with Gasteiger partial charge in [-0.2, -0.15) is 0 Å². The quantitative estimate of drug-likeness (QED) is 0.664. The van der Waals surface area contributed by atoms with E-state index in [4.69, 9.17) is 4.98 Å². The van der Waals surface area contributed by atoms with Gasteiger partial charge in [0.15, 0.2) is 0 Å². The van der Waals surface area contributed by atoms with Crippen molar-refractivity contribution in [3.8, 4) is 0 Å². The Labute approximate surface area is 154 Å². The molecule has 0 aliphatic heterocycles. The molecule has 0 radical (unpaired) electrons. The lowest BCUT2D eigenvalue weighted by atomic mass is 10.1. The summed E-state index contributed by atoms with van der Waals surface area (Å²) in [6.07, 6.45) is 2.66. The molecule has 3 nitrogen and oxygen atoms in total. The summed E-state index contributed by atoms with van der Waals surface area (Å²) in [6.45, 7) is 10.3. The van der Waals surface area contributed by atoms with Crippen molar-refractivity contribution in [2.45, 2.75) is 53.6 Å². The first-order valence-corrected chi connectivity index (χ1v) is 9.40. The molecule has 4 rings (SSSR count). The smallest absolute Gasteiger partial charge is 0.123 e. The average Bonchev–Trinajstić information content (AvgIpc) is 3.41. The van der Waals surface area contributed by atoms with Crippen LogP contribution in [0.5, 0.6) is 0 Å². The van der Waals surface area contributed by atoms with Gasteiger partial charge in [-0.15, -0.1) is 0 Å². The highest BCUT2D eigenvalue weighted by Crippen LogP contribution is 2.38. The summed E-state index contributed by atoms with van der Waals surface area (Å²) in [7, 11) is 0. The van der Waals surface area contributed by atoms with Crippen LogP contribution in [0.2, 0.25) is 0 Å². The summed E-state index contributed by atoms with van der Waals surface area (Å²) in [5.41, 5.74) is 9.39. The molecule has 1 saturated carbocycles. The van der Waals surface area contributed by atoms with Gasteiger partial charge < -0.3 is 9.88 Å². The van der Waals surface area contributed by atoms with Crippen LogP contribution in [0.25, 0.3) is 11.0 Å². The molecule has 0 unspecified atom stereocenters. The van der Waals surface area contributed by atoms with Gasteiger partial charge in [0.05, 0.1) is 16.7 Å². The highest BCUT2D eigenvalue weighted by molar-refractivity contribution is 5.94. The Hall–Kier alpha value is -2.36. The molecule has 0 spiro atoms. The third kappa shape index (κ3) is 2.98. The highest BCUT2D eigenvalue weighted by Gasteiger charge is 2.26. The molecular formula is C22H26FN3. The Morgan fingerprint density at radius 3 is 2.42 bits per heavy atom. The maximum absolute atomic E-state index is 13.2. The number of halogens is 1. The number of benzene rings is 1. The predicted molar refractivity (Wildman–Crippen MR) is 105 cm³/mol. The molecule has 1 aliphatic rings. The largest absolute Gasteiger partial charge is 0.379 e. The Morgan fingerprint density at radius 2 is 1.77 bits per heavy atom. The maximum atomic E-state index is 13.2. The number of anilines is 1. The lowest BCUT2D eigenvalue weighted by Gasteiger charge is -2.16. The molecule has 1 fully saturated rings. The molecule has 0 bridgehead atoms. The average molecular weight is 351 g/mol. The minimum atomic E-state index is -0.198. The molecule has 2 aromatic heterocycles. The third-order valence-electron chi connectivity index (χ3n) is 5.75. The van der Waals surface area contributed by atoms with Crippen molar-refractivity contribution in [2.24, 2.45) is 5.92 Å². The van der Waals surface area contributed by atoms with Gasteiger partial charge in [0.2, 0.25) is 0 Å². The van der Waals surface area contributed by atoms with Gasteiger partial charge >= 0.3 is 0 Å². The number of nitrogens with zero attached hydrogens (tertiary/aromatic N) is 2. The van der Waals surface area contributed by atoms with E-state index in [1.54, 1.807) is 0 Å². The summed E-state index contributed by atoms with van der Waals surface area (Å²) in [5.74, 6) is 0.604. The molecule has 0 atom stereocenters. The minimum Gasteiger partial charge on any atom is -0.379 e. The van der Waals surface area contributed by atoms with Crippen molar-refractivity contribution in [1.29, 1.82) is 0 Å².